The fraction of sp³-hybridized carbons (Fsp3) is 0.273. The van der Waals surface area contributed by atoms with E-state index in [1.54, 1.807) is 37.4 Å². The SMILES string of the molecule is COc1ccccc1[C@@H]1C(=C(O)c2ccccc2)C(=O)C(=O)N1CCN(C)C. The third kappa shape index (κ3) is 3.64. The maximum absolute atomic E-state index is 12.9. The van der Waals surface area contributed by atoms with Gasteiger partial charge in [-0.05, 0) is 20.2 Å². The zero-order chi connectivity index (χ0) is 20.3. The fourth-order valence-electron chi connectivity index (χ4n) is 3.39. The largest absolute Gasteiger partial charge is 0.507 e. The number of benzene rings is 2. The van der Waals surface area contributed by atoms with Crippen molar-refractivity contribution in [1.29, 1.82) is 0 Å². The summed E-state index contributed by atoms with van der Waals surface area (Å²) in [6.45, 7) is 0.940. The molecule has 6 nitrogen and oxygen atoms in total. The lowest BCUT2D eigenvalue weighted by molar-refractivity contribution is -0.140. The number of para-hydroxylation sites is 1. The average molecular weight is 380 g/mol. The smallest absolute Gasteiger partial charge is 0.295 e. The molecule has 1 aliphatic heterocycles. The Morgan fingerprint density at radius 1 is 1.07 bits per heavy atom. The highest BCUT2D eigenvalue weighted by atomic mass is 16.5. The highest BCUT2D eigenvalue weighted by Gasteiger charge is 2.46. The van der Waals surface area contributed by atoms with Crippen LogP contribution in [-0.2, 0) is 9.59 Å². The van der Waals surface area contributed by atoms with Crippen molar-refractivity contribution >= 4 is 17.4 Å². The van der Waals surface area contributed by atoms with Gasteiger partial charge in [0, 0.05) is 24.2 Å². The predicted octanol–water partition coefficient (Wildman–Crippen LogP) is 2.68. The topological polar surface area (TPSA) is 70.1 Å². The van der Waals surface area contributed by atoms with Gasteiger partial charge in [0.2, 0.25) is 0 Å². The molecule has 2 aromatic rings. The number of aliphatic hydroxyl groups is 1. The quantitative estimate of drug-likeness (QED) is 0.474. The summed E-state index contributed by atoms with van der Waals surface area (Å²) in [5.74, 6) is -0.920. The number of aliphatic hydroxyl groups excluding tert-OH is 1. The zero-order valence-electron chi connectivity index (χ0n) is 16.3. The van der Waals surface area contributed by atoms with Crippen molar-refractivity contribution in [3.05, 3.63) is 71.3 Å². The molecular formula is C22H24N2O4. The Morgan fingerprint density at radius 2 is 1.71 bits per heavy atom. The average Bonchev–Trinajstić information content (AvgIpc) is 2.96. The van der Waals surface area contributed by atoms with Gasteiger partial charge in [0.05, 0.1) is 18.7 Å². The number of nitrogens with zero attached hydrogens (tertiary/aromatic N) is 2. The molecule has 0 aromatic heterocycles. The molecule has 1 N–H and O–H groups in total. The second-order valence-corrected chi connectivity index (χ2v) is 6.90. The zero-order valence-corrected chi connectivity index (χ0v) is 16.3. The van der Waals surface area contributed by atoms with Gasteiger partial charge in [0.1, 0.15) is 11.5 Å². The molecule has 0 radical (unpaired) electrons. The van der Waals surface area contributed by atoms with E-state index in [0.717, 1.165) is 0 Å². The Balaban J connectivity index is 2.18. The summed E-state index contributed by atoms with van der Waals surface area (Å²) >= 11 is 0. The maximum atomic E-state index is 12.9. The number of likely N-dealkylation sites (tertiary alicyclic amines) is 1. The number of Topliss-reactive ketones (excluding diaryl/α,β-unsaturated/α-hetero) is 1. The summed E-state index contributed by atoms with van der Waals surface area (Å²) in [4.78, 5) is 29.2. The van der Waals surface area contributed by atoms with Crippen LogP contribution < -0.4 is 4.74 Å². The molecule has 146 valence electrons. The number of ketones is 1. The standard InChI is InChI=1S/C22H24N2O4/c1-23(2)13-14-24-19(16-11-7-8-12-17(16)28-3)18(21(26)22(24)27)20(25)15-9-5-4-6-10-15/h4-12,19,25H,13-14H2,1-3H3/t19-/m1/s1. The van der Waals surface area contributed by atoms with Gasteiger partial charge in [-0.25, -0.2) is 0 Å². The van der Waals surface area contributed by atoms with E-state index in [2.05, 4.69) is 0 Å². The van der Waals surface area contributed by atoms with Gasteiger partial charge >= 0.3 is 0 Å². The van der Waals surface area contributed by atoms with Gasteiger partial charge in [0.15, 0.2) is 0 Å². The Morgan fingerprint density at radius 3 is 2.36 bits per heavy atom. The van der Waals surface area contributed by atoms with Crippen molar-refractivity contribution in [3.63, 3.8) is 0 Å². The van der Waals surface area contributed by atoms with Crippen LogP contribution in [-0.4, -0.2) is 60.9 Å². The first-order chi connectivity index (χ1) is 13.5. The van der Waals surface area contributed by atoms with E-state index in [4.69, 9.17) is 4.74 Å². The first kappa shape index (κ1) is 19.6. The van der Waals surface area contributed by atoms with Crippen LogP contribution in [0.15, 0.2) is 60.2 Å². The Kier molecular flexibility index (Phi) is 5.80. The molecule has 28 heavy (non-hydrogen) atoms. The molecule has 1 amide bonds. The van der Waals surface area contributed by atoms with E-state index in [1.807, 2.05) is 43.3 Å². The van der Waals surface area contributed by atoms with Crippen LogP contribution in [0.5, 0.6) is 5.75 Å². The van der Waals surface area contributed by atoms with Crippen molar-refractivity contribution in [2.24, 2.45) is 0 Å². The predicted molar refractivity (Wildman–Crippen MR) is 107 cm³/mol. The van der Waals surface area contributed by atoms with Crippen LogP contribution in [0, 0.1) is 0 Å². The van der Waals surface area contributed by atoms with Gasteiger partial charge in [0.25, 0.3) is 11.7 Å². The van der Waals surface area contributed by atoms with Crippen LogP contribution in [0.25, 0.3) is 5.76 Å². The number of amides is 1. The molecule has 0 unspecified atom stereocenters. The normalized spacial score (nSPS) is 18.7. The van der Waals surface area contributed by atoms with Crippen molar-refractivity contribution in [3.8, 4) is 5.75 Å². The molecular weight excluding hydrogens is 356 g/mol. The van der Waals surface area contributed by atoms with Gasteiger partial charge < -0.3 is 19.6 Å². The number of carbonyl (C=O) groups excluding carboxylic acids is 2. The lowest BCUT2D eigenvalue weighted by atomic mass is 9.94. The minimum absolute atomic E-state index is 0.0828. The third-order valence-corrected chi connectivity index (χ3v) is 4.81. The molecule has 0 bridgehead atoms. The summed E-state index contributed by atoms with van der Waals surface area (Å²) in [5.41, 5.74) is 1.24. The summed E-state index contributed by atoms with van der Waals surface area (Å²) in [6.07, 6.45) is 0. The first-order valence-corrected chi connectivity index (χ1v) is 9.07. The maximum Gasteiger partial charge on any atom is 0.295 e. The van der Waals surface area contributed by atoms with E-state index in [0.29, 0.717) is 30.0 Å². The highest BCUT2D eigenvalue weighted by molar-refractivity contribution is 6.46. The van der Waals surface area contributed by atoms with Gasteiger partial charge in [-0.2, -0.15) is 0 Å². The van der Waals surface area contributed by atoms with Gasteiger partial charge in [-0.15, -0.1) is 0 Å². The Labute approximate surface area is 164 Å². The minimum atomic E-state index is -0.712. The van der Waals surface area contributed by atoms with Crippen LogP contribution >= 0.6 is 0 Å². The highest BCUT2D eigenvalue weighted by Crippen LogP contribution is 2.42. The molecule has 0 aliphatic carbocycles. The molecule has 1 atom stereocenters. The molecule has 6 heteroatoms. The molecule has 0 spiro atoms. The number of methoxy groups -OCH3 is 1. The molecule has 1 saturated heterocycles. The number of rotatable bonds is 6. The van der Waals surface area contributed by atoms with Crippen molar-refractivity contribution in [2.45, 2.75) is 6.04 Å². The lowest BCUT2D eigenvalue weighted by Crippen LogP contribution is -2.35. The lowest BCUT2D eigenvalue weighted by Gasteiger charge is -2.27. The monoisotopic (exact) mass is 380 g/mol. The molecule has 3 rings (SSSR count). The number of carbonyl (C=O) groups is 2. The van der Waals surface area contributed by atoms with E-state index in [-0.39, 0.29) is 11.3 Å². The second-order valence-electron chi connectivity index (χ2n) is 6.90. The molecule has 1 fully saturated rings. The van der Waals surface area contributed by atoms with Crippen molar-refractivity contribution in [2.75, 3.05) is 34.3 Å². The molecule has 1 aliphatic rings. The first-order valence-electron chi connectivity index (χ1n) is 9.07. The van der Waals surface area contributed by atoms with Crippen molar-refractivity contribution < 1.29 is 19.4 Å². The van der Waals surface area contributed by atoms with Gasteiger partial charge in [-0.3, -0.25) is 9.59 Å². The van der Waals surface area contributed by atoms with Crippen LogP contribution in [0.1, 0.15) is 17.2 Å². The van der Waals surface area contributed by atoms with Crippen molar-refractivity contribution in [1.82, 2.24) is 9.80 Å². The number of ether oxygens (including phenoxy) is 1. The van der Waals surface area contributed by atoms with Crippen LogP contribution in [0.3, 0.4) is 0 Å². The Bertz CT molecular complexity index is 906. The van der Waals surface area contributed by atoms with Crippen LogP contribution in [0.2, 0.25) is 0 Å². The fourth-order valence-corrected chi connectivity index (χ4v) is 3.39. The van der Waals surface area contributed by atoms with Gasteiger partial charge in [-0.1, -0.05) is 48.5 Å². The van der Waals surface area contributed by atoms with E-state index in [9.17, 15) is 14.7 Å². The molecule has 0 saturated carbocycles. The number of likely N-dealkylation sites (N-methyl/N-ethyl adjacent to an activating group) is 1. The van der Waals surface area contributed by atoms with E-state index in [1.165, 1.54) is 4.90 Å². The minimum Gasteiger partial charge on any atom is -0.507 e. The second kappa shape index (κ2) is 8.27. The third-order valence-electron chi connectivity index (χ3n) is 4.81. The molecule has 2 aromatic carbocycles. The summed E-state index contributed by atoms with van der Waals surface area (Å²) < 4.78 is 5.47. The number of hydrogen-bond donors (Lipinski definition) is 1. The Hall–Kier alpha value is -3.12. The summed E-state index contributed by atoms with van der Waals surface area (Å²) in [7, 11) is 5.35. The van der Waals surface area contributed by atoms with E-state index >= 15 is 0 Å². The number of hydrogen-bond acceptors (Lipinski definition) is 5. The summed E-state index contributed by atoms with van der Waals surface area (Å²) in [5, 5.41) is 10.9. The summed E-state index contributed by atoms with van der Waals surface area (Å²) in [6, 6.07) is 15.3. The van der Waals surface area contributed by atoms with E-state index < -0.39 is 17.7 Å². The van der Waals surface area contributed by atoms with Crippen LogP contribution in [0.4, 0.5) is 0 Å². The molecule has 1 heterocycles.